The molecule has 3 fully saturated rings. The molecule has 2 bridgehead atoms. The Morgan fingerprint density at radius 2 is 1.66 bits per heavy atom. The molecule has 4 nitrogen and oxygen atoms in total. The molecule has 2 aliphatic heterocycles. The minimum Gasteiger partial charge on any atom is -0.497 e. The van der Waals surface area contributed by atoms with Crippen molar-refractivity contribution in [3.8, 4) is 5.75 Å². The molecule has 2 saturated heterocycles. The number of rotatable bonds is 8. The maximum Gasteiger partial charge on any atom is 0.119 e. The third-order valence-corrected chi connectivity index (χ3v) is 9.72. The van der Waals surface area contributed by atoms with Crippen molar-refractivity contribution < 1.29 is 9.47 Å². The second-order valence-corrected chi connectivity index (χ2v) is 12.1. The Kier molecular flexibility index (Phi) is 6.51. The van der Waals surface area contributed by atoms with Gasteiger partial charge in [0.1, 0.15) is 5.75 Å². The minimum atomic E-state index is 0.0430. The maximum absolute atomic E-state index is 7.05. The van der Waals surface area contributed by atoms with Gasteiger partial charge >= 0.3 is 0 Å². The van der Waals surface area contributed by atoms with E-state index in [1.54, 1.807) is 7.11 Å². The second-order valence-electron chi connectivity index (χ2n) is 12.1. The van der Waals surface area contributed by atoms with Gasteiger partial charge < -0.3 is 9.47 Å². The highest BCUT2D eigenvalue weighted by Crippen LogP contribution is 2.53. The van der Waals surface area contributed by atoms with Crippen LogP contribution in [0.2, 0.25) is 0 Å². The Balaban J connectivity index is 1.24. The fourth-order valence-corrected chi connectivity index (χ4v) is 7.62. The van der Waals surface area contributed by atoms with Gasteiger partial charge in [-0.15, -0.1) is 0 Å². The lowest BCUT2D eigenvalue weighted by Gasteiger charge is -2.60. The number of fused-ring (bicyclic) bond motifs is 1. The van der Waals surface area contributed by atoms with Crippen LogP contribution in [0.3, 0.4) is 0 Å². The van der Waals surface area contributed by atoms with E-state index in [4.69, 9.17) is 9.47 Å². The van der Waals surface area contributed by atoms with E-state index in [0.717, 1.165) is 44.2 Å². The van der Waals surface area contributed by atoms with E-state index >= 15 is 0 Å². The first-order valence-electron chi connectivity index (χ1n) is 14.6. The average molecular weight is 509 g/mol. The van der Waals surface area contributed by atoms with Crippen LogP contribution in [0.5, 0.6) is 5.75 Å². The van der Waals surface area contributed by atoms with Gasteiger partial charge in [0.15, 0.2) is 0 Å². The van der Waals surface area contributed by atoms with Gasteiger partial charge in [0.2, 0.25) is 0 Å². The molecule has 198 valence electrons. The predicted molar refractivity (Wildman–Crippen MR) is 151 cm³/mol. The molecule has 4 unspecified atom stereocenters. The van der Waals surface area contributed by atoms with Crippen molar-refractivity contribution in [1.29, 1.82) is 0 Å². The lowest BCUT2D eigenvalue weighted by molar-refractivity contribution is -0.154. The van der Waals surface area contributed by atoms with Gasteiger partial charge in [-0.2, -0.15) is 0 Å². The molecule has 2 aliphatic carbocycles. The molecule has 2 heterocycles. The van der Waals surface area contributed by atoms with Crippen LogP contribution in [0.25, 0.3) is 0 Å². The molecule has 0 radical (unpaired) electrons. The van der Waals surface area contributed by atoms with Crippen molar-refractivity contribution in [2.45, 2.75) is 68.8 Å². The second kappa shape index (κ2) is 10.1. The Hall–Kier alpha value is -2.66. The number of benzene rings is 3. The summed E-state index contributed by atoms with van der Waals surface area (Å²) in [6.07, 6.45) is 6.49. The van der Waals surface area contributed by atoms with Crippen LogP contribution in [0.1, 0.15) is 47.9 Å². The van der Waals surface area contributed by atoms with E-state index < -0.39 is 0 Å². The zero-order valence-electron chi connectivity index (χ0n) is 22.6. The Bertz CT molecular complexity index is 1200. The molecule has 0 N–H and O–H groups in total. The molecule has 0 spiro atoms. The monoisotopic (exact) mass is 508 g/mol. The van der Waals surface area contributed by atoms with Gasteiger partial charge in [-0.25, -0.2) is 0 Å². The van der Waals surface area contributed by atoms with Crippen molar-refractivity contribution in [3.63, 3.8) is 0 Å². The van der Waals surface area contributed by atoms with Crippen molar-refractivity contribution in [1.82, 2.24) is 9.80 Å². The third-order valence-electron chi connectivity index (χ3n) is 9.72. The van der Waals surface area contributed by atoms with Crippen LogP contribution in [0.15, 0.2) is 78.9 Å². The summed E-state index contributed by atoms with van der Waals surface area (Å²) in [6, 6.07) is 29.6. The van der Waals surface area contributed by atoms with Gasteiger partial charge in [-0.1, -0.05) is 66.7 Å². The Morgan fingerprint density at radius 3 is 2.32 bits per heavy atom. The first-order chi connectivity index (χ1) is 18.7. The molecule has 1 saturated carbocycles. The number of ether oxygens (including phenoxy) is 2. The van der Waals surface area contributed by atoms with Crippen LogP contribution in [-0.4, -0.2) is 54.8 Å². The van der Waals surface area contributed by atoms with Gasteiger partial charge in [0.05, 0.1) is 19.8 Å². The number of hydrogen-bond acceptors (Lipinski definition) is 4. The molecule has 3 aromatic rings. The SMILES string of the molecule is COc1ccc2c(c1)C13CCN(CC4CC4)C(C2)C1OCC(N(Cc1ccccc1)Cc1ccccc1)C3. The molecule has 7 rings (SSSR count). The summed E-state index contributed by atoms with van der Waals surface area (Å²) in [4.78, 5) is 5.47. The minimum absolute atomic E-state index is 0.0430. The smallest absolute Gasteiger partial charge is 0.119 e. The van der Waals surface area contributed by atoms with E-state index in [1.807, 2.05) is 0 Å². The van der Waals surface area contributed by atoms with Crippen LogP contribution in [0.4, 0.5) is 0 Å². The maximum atomic E-state index is 7.05. The van der Waals surface area contributed by atoms with Crippen molar-refractivity contribution in [2.75, 3.05) is 26.8 Å². The van der Waals surface area contributed by atoms with Crippen LogP contribution in [0, 0.1) is 5.92 Å². The molecule has 4 atom stereocenters. The molecule has 38 heavy (non-hydrogen) atoms. The van der Waals surface area contributed by atoms with Crippen LogP contribution < -0.4 is 4.74 Å². The van der Waals surface area contributed by atoms with Gasteiger partial charge in [-0.3, -0.25) is 9.80 Å². The van der Waals surface area contributed by atoms with Crippen LogP contribution in [-0.2, 0) is 29.7 Å². The van der Waals surface area contributed by atoms with Crippen LogP contribution >= 0.6 is 0 Å². The molecule has 4 heteroatoms. The zero-order valence-corrected chi connectivity index (χ0v) is 22.6. The molecule has 4 aliphatic rings. The fraction of sp³-hybridized carbons (Fsp3) is 0.471. The molecular weight excluding hydrogens is 468 g/mol. The summed E-state index contributed by atoms with van der Waals surface area (Å²) in [5.74, 6) is 1.88. The highest BCUT2D eigenvalue weighted by Gasteiger charge is 2.57. The summed E-state index contributed by atoms with van der Waals surface area (Å²) in [5.41, 5.74) is 5.78. The van der Waals surface area contributed by atoms with E-state index in [-0.39, 0.29) is 11.5 Å². The summed E-state index contributed by atoms with van der Waals surface area (Å²) in [5, 5.41) is 0. The van der Waals surface area contributed by atoms with E-state index in [2.05, 4.69) is 88.7 Å². The largest absolute Gasteiger partial charge is 0.497 e. The normalized spacial score (nSPS) is 28.5. The lowest BCUT2D eigenvalue weighted by atomic mass is 9.58. The lowest BCUT2D eigenvalue weighted by Crippen LogP contribution is -2.68. The van der Waals surface area contributed by atoms with E-state index in [0.29, 0.717) is 12.1 Å². The molecule has 0 aromatic heterocycles. The summed E-state index contributed by atoms with van der Waals surface area (Å²) in [6.45, 7) is 5.12. The van der Waals surface area contributed by atoms with Gasteiger partial charge in [-0.05, 0) is 79.0 Å². The number of methoxy groups -OCH3 is 1. The fourth-order valence-electron chi connectivity index (χ4n) is 7.62. The molecule has 3 aromatic carbocycles. The topological polar surface area (TPSA) is 24.9 Å². The molecule has 0 amide bonds. The predicted octanol–water partition coefficient (Wildman–Crippen LogP) is 5.83. The average Bonchev–Trinajstić information content (AvgIpc) is 3.79. The molecular formula is C34H40N2O2. The number of nitrogens with zero attached hydrogens (tertiary/aromatic N) is 2. The standard InChI is InChI=1S/C34H40N2O2/c1-37-30-15-14-28-18-32-33-34(31(28)19-30,16-17-35(32)21-27-12-13-27)20-29(24-38-33)36(22-25-8-4-2-5-9-25)23-26-10-6-3-7-11-26/h2-11,14-15,19,27,29,32-33H,12-13,16-18,20-24H2,1H3. The van der Waals surface area contributed by atoms with E-state index in [9.17, 15) is 0 Å². The summed E-state index contributed by atoms with van der Waals surface area (Å²) < 4.78 is 12.8. The summed E-state index contributed by atoms with van der Waals surface area (Å²) >= 11 is 0. The summed E-state index contributed by atoms with van der Waals surface area (Å²) in [7, 11) is 1.79. The van der Waals surface area contributed by atoms with Gasteiger partial charge in [0, 0.05) is 37.1 Å². The Morgan fingerprint density at radius 1 is 0.947 bits per heavy atom. The highest BCUT2D eigenvalue weighted by atomic mass is 16.5. The van der Waals surface area contributed by atoms with Crippen molar-refractivity contribution in [2.24, 2.45) is 5.92 Å². The first-order valence-corrected chi connectivity index (χ1v) is 14.6. The number of piperidine rings is 1. The zero-order chi connectivity index (χ0) is 25.5. The van der Waals surface area contributed by atoms with E-state index in [1.165, 1.54) is 54.6 Å². The first kappa shape index (κ1) is 24.4. The van der Waals surface area contributed by atoms with Gasteiger partial charge in [0.25, 0.3) is 0 Å². The Labute approximate surface area is 227 Å². The quantitative estimate of drug-likeness (QED) is 0.382. The number of hydrogen-bond donors (Lipinski definition) is 0. The third kappa shape index (κ3) is 4.57. The van der Waals surface area contributed by atoms with Crippen molar-refractivity contribution in [3.05, 3.63) is 101 Å². The number of likely N-dealkylation sites (tertiary alicyclic amines) is 1. The van der Waals surface area contributed by atoms with Crippen molar-refractivity contribution >= 4 is 0 Å². The highest BCUT2D eigenvalue weighted by molar-refractivity contribution is 5.46.